The second-order valence-corrected chi connectivity index (χ2v) is 7.00. The first kappa shape index (κ1) is 16.0. The van der Waals surface area contributed by atoms with Crippen molar-refractivity contribution in [3.05, 3.63) is 54.1 Å². The summed E-state index contributed by atoms with van der Waals surface area (Å²) in [6, 6.07) is 9.26. The minimum absolute atomic E-state index is 0.0779. The van der Waals surface area contributed by atoms with Crippen LogP contribution >= 0.6 is 12.2 Å². The van der Waals surface area contributed by atoms with Crippen molar-refractivity contribution in [2.75, 3.05) is 0 Å². The van der Waals surface area contributed by atoms with Crippen LogP contribution < -0.4 is 5.32 Å². The highest BCUT2D eigenvalue weighted by molar-refractivity contribution is 7.80. The van der Waals surface area contributed by atoms with Gasteiger partial charge < -0.3 is 14.8 Å². The highest BCUT2D eigenvalue weighted by atomic mass is 32.1. The molecule has 0 radical (unpaired) electrons. The first-order valence-electron chi connectivity index (χ1n) is 8.16. The molecule has 0 amide bonds. The highest BCUT2D eigenvalue weighted by Gasteiger charge is 2.41. The monoisotopic (exact) mass is 328 g/mol. The second-order valence-electron chi connectivity index (χ2n) is 6.61. The van der Waals surface area contributed by atoms with E-state index in [1.165, 1.54) is 5.56 Å². The molecule has 2 atom stereocenters. The highest BCUT2D eigenvalue weighted by Crippen LogP contribution is 2.39. The largest absolute Gasteiger partial charge is 0.352 e. The number of pyridine rings is 1. The number of hydrogen-bond acceptors (Lipinski definition) is 2. The summed E-state index contributed by atoms with van der Waals surface area (Å²) in [7, 11) is 0. The van der Waals surface area contributed by atoms with Gasteiger partial charge in [0.1, 0.15) is 0 Å². The Morgan fingerprint density at radius 3 is 2.48 bits per heavy atom. The number of aromatic nitrogens is 2. The maximum atomic E-state index is 5.61. The van der Waals surface area contributed by atoms with Gasteiger partial charge in [-0.15, -0.1) is 0 Å². The van der Waals surface area contributed by atoms with Gasteiger partial charge in [0.2, 0.25) is 0 Å². The Balaban J connectivity index is 2.03. The molecule has 2 aromatic rings. The van der Waals surface area contributed by atoms with Gasteiger partial charge >= 0.3 is 0 Å². The van der Waals surface area contributed by atoms with Crippen LogP contribution in [0.5, 0.6) is 0 Å². The molecule has 0 saturated carbocycles. The summed E-state index contributed by atoms with van der Waals surface area (Å²) in [5.41, 5.74) is 2.30. The molecule has 0 unspecified atom stereocenters. The zero-order valence-electron chi connectivity index (χ0n) is 14.1. The third-order valence-corrected chi connectivity index (χ3v) is 4.70. The molecule has 23 heavy (non-hydrogen) atoms. The maximum absolute atomic E-state index is 5.61. The van der Waals surface area contributed by atoms with Crippen LogP contribution in [0.25, 0.3) is 0 Å². The molecule has 3 rings (SSSR count). The zero-order valence-corrected chi connectivity index (χ0v) is 14.9. The standard InChI is InChI=1S/C18H24N4S/c1-12(2)21-10-8-14(11-21)17-16(15-7-5-6-9-19-15)20-18(23)22(17)13(3)4/h5-13,16-17H,1-4H3,(H,20,23)/t16-,17-/m1/s1. The van der Waals surface area contributed by atoms with Crippen LogP contribution in [0.4, 0.5) is 0 Å². The quantitative estimate of drug-likeness (QED) is 0.865. The number of nitrogens with one attached hydrogen (secondary N) is 1. The first-order chi connectivity index (χ1) is 11.0. The van der Waals surface area contributed by atoms with Crippen molar-refractivity contribution in [1.82, 2.24) is 19.8 Å². The van der Waals surface area contributed by atoms with Crippen LogP contribution in [-0.4, -0.2) is 25.6 Å². The molecule has 1 N–H and O–H groups in total. The van der Waals surface area contributed by atoms with Gasteiger partial charge in [0, 0.05) is 30.7 Å². The lowest BCUT2D eigenvalue weighted by molar-refractivity contribution is 0.269. The van der Waals surface area contributed by atoms with Crippen LogP contribution in [0, 0.1) is 0 Å². The molecular formula is C18H24N4S. The van der Waals surface area contributed by atoms with Crippen LogP contribution in [0.1, 0.15) is 57.1 Å². The molecule has 5 heteroatoms. The summed E-state index contributed by atoms with van der Waals surface area (Å²) in [6.07, 6.45) is 6.22. The minimum atomic E-state index is 0.0779. The number of rotatable bonds is 4. The molecule has 0 bridgehead atoms. The molecule has 122 valence electrons. The molecule has 1 aliphatic heterocycles. The fraction of sp³-hybridized carbons (Fsp3) is 0.444. The van der Waals surface area contributed by atoms with Crippen LogP contribution in [0.2, 0.25) is 0 Å². The van der Waals surface area contributed by atoms with E-state index in [9.17, 15) is 0 Å². The molecular weight excluding hydrogens is 304 g/mol. The predicted molar refractivity (Wildman–Crippen MR) is 97.2 cm³/mol. The maximum Gasteiger partial charge on any atom is 0.170 e. The Bertz CT molecular complexity index is 677. The van der Waals surface area contributed by atoms with Gasteiger partial charge in [0.25, 0.3) is 0 Å². The minimum Gasteiger partial charge on any atom is -0.352 e. The lowest BCUT2D eigenvalue weighted by atomic mass is 9.98. The Morgan fingerprint density at radius 2 is 1.91 bits per heavy atom. The SMILES string of the molecule is CC(C)N1C(=S)N[C@H](c2ccccn2)[C@H]1c1ccn(C(C)C)c1. The second kappa shape index (κ2) is 6.32. The lowest BCUT2D eigenvalue weighted by Gasteiger charge is -2.30. The van der Waals surface area contributed by atoms with Crippen molar-refractivity contribution in [3.63, 3.8) is 0 Å². The summed E-state index contributed by atoms with van der Waals surface area (Å²) in [4.78, 5) is 6.84. The van der Waals surface area contributed by atoms with Gasteiger partial charge in [0.15, 0.2) is 5.11 Å². The Hall–Kier alpha value is -1.88. The summed E-state index contributed by atoms with van der Waals surface area (Å²) in [5, 5.41) is 4.28. The summed E-state index contributed by atoms with van der Waals surface area (Å²) in [5.74, 6) is 0. The smallest absolute Gasteiger partial charge is 0.170 e. The van der Waals surface area contributed by atoms with E-state index in [0.29, 0.717) is 12.1 Å². The van der Waals surface area contributed by atoms with Crippen LogP contribution in [0.3, 0.4) is 0 Å². The third-order valence-electron chi connectivity index (χ3n) is 4.37. The van der Waals surface area contributed by atoms with E-state index in [1.807, 2.05) is 18.3 Å². The van der Waals surface area contributed by atoms with Crippen molar-refractivity contribution in [2.24, 2.45) is 0 Å². The van der Waals surface area contributed by atoms with E-state index in [1.54, 1.807) is 0 Å². The van der Waals surface area contributed by atoms with E-state index >= 15 is 0 Å². The topological polar surface area (TPSA) is 33.1 Å². The summed E-state index contributed by atoms with van der Waals surface area (Å²) < 4.78 is 2.24. The van der Waals surface area contributed by atoms with Crippen molar-refractivity contribution in [1.29, 1.82) is 0 Å². The van der Waals surface area contributed by atoms with Crippen molar-refractivity contribution < 1.29 is 0 Å². The number of hydrogen-bond donors (Lipinski definition) is 1. The molecule has 1 fully saturated rings. The number of nitrogens with zero attached hydrogens (tertiary/aromatic N) is 3. The summed E-state index contributed by atoms with van der Waals surface area (Å²) in [6.45, 7) is 8.75. The average Bonchev–Trinajstić information content (AvgIpc) is 3.12. The van der Waals surface area contributed by atoms with E-state index in [-0.39, 0.29) is 12.1 Å². The molecule has 0 spiro atoms. The van der Waals surface area contributed by atoms with Crippen LogP contribution in [0.15, 0.2) is 42.9 Å². The molecule has 0 aliphatic carbocycles. The average molecular weight is 328 g/mol. The predicted octanol–water partition coefficient (Wildman–Crippen LogP) is 3.84. The Labute approximate surface area is 143 Å². The van der Waals surface area contributed by atoms with Crippen molar-refractivity contribution in [3.8, 4) is 0 Å². The summed E-state index contributed by atoms with van der Waals surface area (Å²) >= 11 is 5.61. The molecule has 2 aromatic heterocycles. The van der Waals surface area contributed by atoms with E-state index < -0.39 is 0 Å². The van der Waals surface area contributed by atoms with Gasteiger partial charge in [-0.1, -0.05) is 6.07 Å². The van der Waals surface area contributed by atoms with E-state index in [0.717, 1.165) is 10.8 Å². The van der Waals surface area contributed by atoms with Gasteiger partial charge in [0.05, 0.1) is 17.8 Å². The normalized spacial score (nSPS) is 21.3. The fourth-order valence-corrected chi connectivity index (χ4v) is 3.66. The van der Waals surface area contributed by atoms with Gasteiger partial charge in [-0.05, 0) is 63.7 Å². The van der Waals surface area contributed by atoms with Gasteiger partial charge in [-0.25, -0.2) is 0 Å². The van der Waals surface area contributed by atoms with E-state index in [2.05, 4.69) is 72.0 Å². The molecule has 1 aliphatic rings. The molecule has 1 saturated heterocycles. The molecule has 4 nitrogen and oxygen atoms in total. The number of thiocarbonyl (C=S) groups is 1. The fourth-order valence-electron chi connectivity index (χ4n) is 3.20. The van der Waals surface area contributed by atoms with Gasteiger partial charge in [-0.2, -0.15) is 0 Å². The van der Waals surface area contributed by atoms with Crippen LogP contribution in [-0.2, 0) is 0 Å². The first-order valence-corrected chi connectivity index (χ1v) is 8.57. The van der Waals surface area contributed by atoms with Crippen molar-refractivity contribution in [2.45, 2.75) is 51.9 Å². The van der Waals surface area contributed by atoms with Gasteiger partial charge in [-0.3, -0.25) is 4.98 Å². The lowest BCUT2D eigenvalue weighted by Crippen LogP contribution is -2.35. The third kappa shape index (κ3) is 2.98. The Kier molecular flexibility index (Phi) is 4.39. The van der Waals surface area contributed by atoms with Crippen molar-refractivity contribution >= 4 is 17.3 Å². The zero-order chi connectivity index (χ0) is 16.6. The van der Waals surface area contributed by atoms with E-state index in [4.69, 9.17) is 12.2 Å². The Morgan fingerprint density at radius 1 is 1.13 bits per heavy atom. The molecule has 0 aromatic carbocycles. The molecule has 3 heterocycles.